The van der Waals surface area contributed by atoms with Gasteiger partial charge in [0.2, 0.25) is 0 Å². The number of oxime groups is 1. The number of likely N-dealkylation sites (tertiary alicyclic amines) is 1. The van der Waals surface area contributed by atoms with Crippen LogP contribution >= 0.6 is 0 Å². The van der Waals surface area contributed by atoms with Crippen molar-refractivity contribution in [2.75, 3.05) is 13.1 Å². The summed E-state index contributed by atoms with van der Waals surface area (Å²) >= 11 is 0. The molecule has 3 fully saturated rings. The van der Waals surface area contributed by atoms with Crippen LogP contribution in [0.3, 0.4) is 0 Å². The Labute approximate surface area is 193 Å². The number of piperidine rings is 1. The minimum Gasteiger partial charge on any atom is -0.504 e. The molecule has 3 aliphatic carbocycles. The van der Waals surface area contributed by atoms with Crippen LogP contribution in [0.2, 0.25) is 0 Å². The molecule has 0 amide bonds. The number of ether oxygens (including phenoxy) is 1. The Morgan fingerprint density at radius 2 is 1.97 bits per heavy atom. The molecule has 0 radical (unpaired) electrons. The van der Waals surface area contributed by atoms with Crippen molar-refractivity contribution in [1.29, 1.82) is 0 Å². The largest absolute Gasteiger partial charge is 0.504 e. The van der Waals surface area contributed by atoms with Gasteiger partial charge in [0, 0.05) is 18.2 Å². The topological polar surface area (TPSA) is 74.5 Å². The summed E-state index contributed by atoms with van der Waals surface area (Å²) in [6.45, 7) is 2.42. The van der Waals surface area contributed by atoms with Crippen LogP contribution in [0.5, 0.6) is 11.5 Å². The lowest BCUT2D eigenvalue weighted by Crippen LogP contribution is -2.76. The number of hydrogen-bond donors (Lipinski definition) is 2. The predicted octanol–water partition coefficient (Wildman–Crippen LogP) is 3.53. The first-order valence-electron chi connectivity index (χ1n) is 12.3. The normalized spacial score (nSPS) is 35.2. The van der Waals surface area contributed by atoms with E-state index in [1.165, 1.54) is 18.4 Å². The third kappa shape index (κ3) is 2.71. The fourth-order valence-corrected chi connectivity index (χ4v) is 7.14. The highest BCUT2D eigenvalue weighted by Gasteiger charge is 2.72. The van der Waals surface area contributed by atoms with Gasteiger partial charge in [0.05, 0.1) is 16.7 Å². The number of rotatable bonds is 5. The van der Waals surface area contributed by atoms with E-state index in [1.54, 1.807) is 6.07 Å². The van der Waals surface area contributed by atoms with E-state index in [0.717, 1.165) is 48.7 Å². The number of aromatic hydroxyl groups is 1. The van der Waals surface area contributed by atoms with Gasteiger partial charge in [0.1, 0.15) is 6.61 Å². The molecule has 2 N–H and O–H groups in total. The van der Waals surface area contributed by atoms with Crippen LogP contribution < -0.4 is 4.74 Å². The second-order valence-corrected chi connectivity index (χ2v) is 10.6. The predicted molar refractivity (Wildman–Crippen MR) is 123 cm³/mol. The molecule has 2 aliphatic heterocycles. The van der Waals surface area contributed by atoms with Crippen molar-refractivity contribution in [2.24, 2.45) is 11.1 Å². The van der Waals surface area contributed by atoms with Crippen molar-refractivity contribution in [3.05, 3.63) is 59.2 Å². The van der Waals surface area contributed by atoms with Gasteiger partial charge in [-0.25, -0.2) is 0 Å². The third-order valence-corrected chi connectivity index (χ3v) is 8.83. The second-order valence-electron chi connectivity index (χ2n) is 10.6. The minimum absolute atomic E-state index is 0.0766. The molecule has 1 saturated heterocycles. The lowest BCUT2D eigenvalue weighted by molar-refractivity contribution is -0.167. The molecule has 6 heteroatoms. The molecule has 2 bridgehead atoms. The van der Waals surface area contributed by atoms with Crippen molar-refractivity contribution < 1.29 is 19.8 Å². The fraction of sp³-hybridized carbons (Fsp3) is 0.519. The van der Waals surface area contributed by atoms with E-state index in [-0.39, 0.29) is 11.8 Å². The van der Waals surface area contributed by atoms with Crippen LogP contribution in [-0.4, -0.2) is 51.7 Å². The lowest BCUT2D eigenvalue weighted by Gasteiger charge is -2.63. The molecule has 0 aromatic heterocycles. The van der Waals surface area contributed by atoms with Gasteiger partial charge < -0.3 is 19.8 Å². The van der Waals surface area contributed by atoms with E-state index in [4.69, 9.17) is 9.57 Å². The Morgan fingerprint density at radius 3 is 2.79 bits per heavy atom. The molecule has 2 aromatic carbocycles. The highest BCUT2D eigenvalue weighted by atomic mass is 16.6. The number of aliphatic hydroxyl groups is 1. The Hall–Kier alpha value is -2.57. The van der Waals surface area contributed by atoms with Gasteiger partial charge in [-0.1, -0.05) is 41.6 Å². The molecule has 7 rings (SSSR count). The summed E-state index contributed by atoms with van der Waals surface area (Å²) in [7, 11) is 0. The van der Waals surface area contributed by atoms with Crippen molar-refractivity contribution >= 4 is 5.71 Å². The summed E-state index contributed by atoms with van der Waals surface area (Å²) in [6, 6.07) is 13.9. The Balaban J connectivity index is 1.28. The first kappa shape index (κ1) is 19.9. The van der Waals surface area contributed by atoms with Gasteiger partial charge in [-0.15, -0.1) is 0 Å². The Kier molecular flexibility index (Phi) is 4.19. The molecule has 1 spiro atoms. The number of benzene rings is 2. The van der Waals surface area contributed by atoms with Crippen molar-refractivity contribution in [3.8, 4) is 11.5 Å². The average molecular weight is 447 g/mol. The quantitative estimate of drug-likeness (QED) is 0.688. The molecule has 2 unspecified atom stereocenters. The lowest BCUT2D eigenvalue weighted by atomic mass is 9.49. The van der Waals surface area contributed by atoms with Gasteiger partial charge in [-0.2, -0.15) is 0 Å². The minimum atomic E-state index is -0.894. The van der Waals surface area contributed by atoms with E-state index in [1.807, 2.05) is 36.4 Å². The molecule has 2 heterocycles. The van der Waals surface area contributed by atoms with Gasteiger partial charge in [-0.3, -0.25) is 4.90 Å². The third-order valence-electron chi connectivity index (χ3n) is 8.83. The number of phenols is 1. The van der Waals surface area contributed by atoms with Crippen molar-refractivity contribution in [2.45, 2.75) is 68.3 Å². The Morgan fingerprint density at radius 1 is 1.12 bits per heavy atom. The molecular weight excluding hydrogens is 416 g/mol. The van der Waals surface area contributed by atoms with Crippen molar-refractivity contribution in [3.63, 3.8) is 0 Å². The molecule has 5 aliphatic rings. The Bertz CT molecular complexity index is 1130. The number of hydrogen-bond acceptors (Lipinski definition) is 6. The zero-order chi connectivity index (χ0) is 22.2. The van der Waals surface area contributed by atoms with E-state index >= 15 is 0 Å². The monoisotopic (exact) mass is 446 g/mol. The molecule has 33 heavy (non-hydrogen) atoms. The summed E-state index contributed by atoms with van der Waals surface area (Å²) in [5.74, 6) is 1.48. The fourth-order valence-electron chi connectivity index (χ4n) is 7.14. The first-order chi connectivity index (χ1) is 16.1. The highest BCUT2D eigenvalue weighted by Crippen LogP contribution is 2.65. The molecule has 2 aromatic rings. The van der Waals surface area contributed by atoms with E-state index in [9.17, 15) is 10.2 Å². The molecule has 172 valence electrons. The summed E-state index contributed by atoms with van der Waals surface area (Å²) in [5.41, 5.74) is 2.66. The number of nitrogens with zero attached hydrogens (tertiary/aromatic N) is 2. The van der Waals surface area contributed by atoms with Crippen LogP contribution in [0, 0.1) is 5.92 Å². The summed E-state index contributed by atoms with van der Waals surface area (Å²) in [4.78, 5) is 8.33. The summed E-state index contributed by atoms with van der Waals surface area (Å²) in [5, 5.41) is 27.7. The van der Waals surface area contributed by atoms with Crippen LogP contribution in [0.25, 0.3) is 0 Å². The average Bonchev–Trinajstić information content (AvgIpc) is 3.56. The summed E-state index contributed by atoms with van der Waals surface area (Å²) < 4.78 is 6.48. The van der Waals surface area contributed by atoms with Crippen LogP contribution in [0.1, 0.15) is 48.8 Å². The van der Waals surface area contributed by atoms with E-state index < -0.39 is 17.1 Å². The van der Waals surface area contributed by atoms with Crippen LogP contribution in [0.4, 0.5) is 0 Å². The standard InChI is InChI=1S/C27H30N2O4/c30-21-9-8-19-14-22-27(31)11-10-20(28-32-16-18-4-2-1-3-5-18)25-26(27,23(19)24(21)33-25)12-13-29(22)15-17-6-7-17/h1-5,8-9,17,22,25,30-31H,6-7,10-16H2/t22-,25?,26+,27?/m1/s1. The van der Waals surface area contributed by atoms with Gasteiger partial charge in [0.25, 0.3) is 0 Å². The molecule has 6 nitrogen and oxygen atoms in total. The van der Waals surface area contributed by atoms with Gasteiger partial charge in [0.15, 0.2) is 17.6 Å². The maximum absolute atomic E-state index is 12.4. The zero-order valence-corrected chi connectivity index (χ0v) is 18.7. The first-order valence-corrected chi connectivity index (χ1v) is 12.3. The molecular formula is C27H30N2O4. The molecule has 4 atom stereocenters. The highest BCUT2D eigenvalue weighted by molar-refractivity contribution is 5.94. The number of phenolic OH excluding ortho intramolecular Hbond substituents is 1. The van der Waals surface area contributed by atoms with Crippen molar-refractivity contribution in [1.82, 2.24) is 4.90 Å². The zero-order valence-electron chi connectivity index (χ0n) is 18.7. The SMILES string of the molecule is Oc1ccc2c3c1OC1C(=NOCc4ccccc4)CCC4(O)[C@@H](C2)N(CC2CC2)CC[C@]314. The van der Waals surface area contributed by atoms with E-state index in [0.29, 0.717) is 25.2 Å². The van der Waals surface area contributed by atoms with E-state index in [2.05, 4.69) is 10.1 Å². The maximum Gasteiger partial charge on any atom is 0.166 e. The maximum atomic E-state index is 12.4. The smallest absolute Gasteiger partial charge is 0.166 e. The summed E-state index contributed by atoms with van der Waals surface area (Å²) in [6.07, 6.45) is 5.10. The molecule has 2 saturated carbocycles. The van der Waals surface area contributed by atoms with Crippen LogP contribution in [0.15, 0.2) is 47.6 Å². The van der Waals surface area contributed by atoms with Crippen LogP contribution in [-0.2, 0) is 23.3 Å². The second kappa shape index (κ2) is 6.97. The van der Waals surface area contributed by atoms with Gasteiger partial charge >= 0.3 is 0 Å². The van der Waals surface area contributed by atoms with Gasteiger partial charge in [-0.05, 0) is 68.2 Å².